The molecule has 4 heterocycles. The number of nitrogens with zero attached hydrogens (tertiary/aromatic N) is 3. The molecule has 4 heteroatoms. The highest BCUT2D eigenvalue weighted by Crippen LogP contribution is 2.43. The van der Waals surface area contributed by atoms with Crippen molar-refractivity contribution in [2.75, 3.05) is 0 Å². The summed E-state index contributed by atoms with van der Waals surface area (Å²) >= 11 is 0. The summed E-state index contributed by atoms with van der Waals surface area (Å²) in [4.78, 5) is 0. The molecule has 0 unspecified atom stereocenters. The molecule has 0 spiro atoms. The van der Waals surface area contributed by atoms with Crippen molar-refractivity contribution in [1.29, 1.82) is 0 Å². The molecule has 270 valence electrons. The van der Waals surface area contributed by atoms with E-state index in [9.17, 15) is 0 Å². The second kappa shape index (κ2) is 11.8. The van der Waals surface area contributed by atoms with E-state index in [0.29, 0.717) is 0 Å². The summed E-state index contributed by atoms with van der Waals surface area (Å²) in [6, 6.07) is 72.4. The van der Waals surface area contributed by atoms with E-state index in [1.165, 1.54) is 71.1 Å². The van der Waals surface area contributed by atoms with Gasteiger partial charge >= 0.3 is 0 Å². The Labute approximate surface area is 332 Å². The normalized spacial score (nSPS) is 12.1. The van der Waals surface area contributed by atoms with Gasteiger partial charge in [0.1, 0.15) is 11.2 Å². The Balaban J connectivity index is 1.04. The molecule has 0 bridgehead atoms. The fourth-order valence-corrected chi connectivity index (χ4v) is 9.84. The third kappa shape index (κ3) is 4.29. The summed E-state index contributed by atoms with van der Waals surface area (Å²) < 4.78 is 13.8. The molecule has 0 saturated heterocycles. The first-order chi connectivity index (χ1) is 28.8. The zero-order chi connectivity index (χ0) is 37.9. The number of benzene rings is 9. The Morgan fingerprint density at radius 3 is 1.60 bits per heavy atom. The molecule has 13 aromatic rings. The Morgan fingerprint density at radius 2 is 0.862 bits per heavy atom. The third-order valence-electron chi connectivity index (χ3n) is 12.2. The van der Waals surface area contributed by atoms with Crippen molar-refractivity contribution >= 4 is 87.4 Å². The maximum Gasteiger partial charge on any atom is 0.136 e. The van der Waals surface area contributed by atoms with Crippen LogP contribution in [0.1, 0.15) is 0 Å². The smallest absolute Gasteiger partial charge is 0.136 e. The van der Waals surface area contributed by atoms with Gasteiger partial charge in [-0.15, -0.1) is 0 Å². The minimum absolute atomic E-state index is 0.882. The van der Waals surface area contributed by atoms with Gasteiger partial charge in [0, 0.05) is 54.5 Å². The number of hydrogen-bond acceptors (Lipinski definition) is 1. The molecule has 0 radical (unpaired) electrons. The first kappa shape index (κ1) is 31.4. The summed E-state index contributed by atoms with van der Waals surface area (Å²) in [6.45, 7) is 0. The molecule has 0 atom stereocenters. The maximum atomic E-state index is 6.58. The first-order valence-electron chi connectivity index (χ1n) is 19.9. The molecule has 0 fully saturated rings. The minimum Gasteiger partial charge on any atom is -0.456 e. The molecule has 4 nitrogen and oxygen atoms in total. The molecule has 9 aromatic carbocycles. The van der Waals surface area contributed by atoms with E-state index in [0.717, 1.165) is 44.4 Å². The Morgan fingerprint density at radius 1 is 0.293 bits per heavy atom. The Hall–Kier alpha value is -7.82. The van der Waals surface area contributed by atoms with E-state index in [4.69, 9.17) is 4.42 Å². The lowest BCUT2D eigenvalue weighted by atomic mass is 9.97. The topological polar surface area (TPSA) is 27.9 Å². The van der Waals surface area contributed by atoms with E-state index < -0.39 is 0 Å². The fraction of sp³-hybridized carbons (Fsp3) is 0. The van der Waals surface area contributed by atoms with Crippen LogP contribution in [0.25, 0.3) is 116 Å². The van der Waals surface area contributed by atoms with Gasteiger partial charge in [0.25, 0.3) is 0 Å². The van der Waals surface area contributed by atoms with Gasteiger partial charge in [-0.2, -0.15) is 0 Å². The summed E-state index contributed by atoms with van der Waals surface area (Å²) in [7, 11) is 0. The highest BCUT2D eigenvalue weighted by Gasteiger charge is 2.21. The van der Waals surface area contributed by atoms with Crippen LogP contribution in [0.3, 0.4) is 0 Å². The summed E-state index contributed by atoms with van der Waals surface area (Å²) in [6.07, 6.45) is 0. The number of furan rings is 1. The maximum absolute atomic E-state index is 6.58. The molecular weight excluding hydrogens is 707 g/mol. The standard InChI is InChI=1S/C54H33N3O/c1-2-14-35(15-3-1)55-47-24-11-7-19-41(47)54-49(55)25-13-26-50(54)57-46-23-10-6-18-40(46)42-32-34(28-30-48(42)57)37-20-12-27-52-53(37)43-33-36(29-31-51(43)58-52)56-44-21-8-4-16-38(44)39-17-5-9-22-45(39)56/h1-33H. The van der Waals surface area contributed by atoms with Crippen LogP contribution in [-0.2, 0) is 0 Å². The number of fused-ring (bicyclic) bond motifs is 12. The zero-order valence-electron chi connectivity index (χ0n) is 31.3. The quantitative estimate of drug-likeness (QED) is 0.177. The van der Waals surface area contributed by atoms with Crippen LogP contribution >= 0.6 is 0 Å². The zero-order valence-corrected chi connectivity index (χ0v) is 31.3. The fourth-order valence-electron chi connectivity index (χ4n) is 9.84. The number of aromatic nitrogens is 3. The summed E-state index contributed by atoms with van der Waals surface area (Å²) in [5.74, 6) is 0. The second-order valence-electron chi connectivity index (χ2n) is 15.3. The van der Waals surface area contributed by atoms with Crippen molar-refractivity contribution in [2.45, 2.75) is 0 Å². The highest BCUT2D eigenvalue weighted by molar-refractivity contribution is 6.18. The van der Waals surface area contributed by atoms with Gasteiger partial charge in [0.05, 0.1) is 38.8 Å². The van der Waals surface area contributed by atoms with E-state index in [-0.39, 0.29) is 0 Å². The van der Waals surface area contributed by atoms with Crippen molar-refractivity contribution in [3.05, 3.63) is 200 Å². The molecule has 0 N–H and O–H groups in total. The molecule has 58 heavy (non-hydrogen) atoms. The van der Waals surface area contributed by atoms with Crippen molar-refractivity contribution in [3.63, 3.8) is 0 Å². The third-order valence-corrected chi connectivity index (χ3v) is 12.2. The number of rotatable bonds is 4. The largest absolute Gasteiger partial charge is 0.456 e. The second-order valence-corrected chi connectivity index (χ2v) is 15.3. The lowest BCUT2D eigenvalue weighted by molar-refractivity contribution is 0.669. The van der Waals surface area contributed by atoms with Gasteiger partial charge in [0.15, 0.2) is 0 Å². The molecule has 0 aliphatic carbocycles. The molecular formula is C54H33N3O. The average Bonchev–Trinajstić information content (AvgIpc) is 4.03. The van der Waals surface area contributed by atoms with E-state index in [1.807, 2.05) is 0 Å². The van der Waals surface area contributed by atoms with Crippen LogP contribution in [0, 0.1) is 0 Å². The number of para-hydroxylation sites is 5. The predicted molar refractivity (Wildman–Crippen MR) is 242 cm³/mol. The van der Waals surface area contributed by atoms with Gasteiger partial charge in [0.2, 0.25) is 0 Å². The van der Waals surface area contributed by atoms with E-state index in [1.54, 1.807) is 0 Å². The Bertz CT molecular complexity index is 3750. The van der Waals surface area contributed by atoms with Gasteiger partial charge in [-0.05, 0) is 96.1 Å². The molecule has 0 aliphatic rings. The van der Waals surface area contributed by atoms with Crippen LogP contribution in [0.15, 0.2) is 205 Å². The van der Waals surface area contributed by atoms with Crippen LogP contribution in [-0.4, -0.2) is 13.7 Å². The lowest BCUT2D eigenvalue weighted by Gasteiger charge is -2.12. The van der Waals surface area contributed by atoms with E-state index >= 15 is 0 Å². The Kier molecular flexibility index (Phi) is 6.41. The SMILES string of the molecule is c1ccc(-n2c3ccccc3c3c(-n4c5ccccc5c5cc(-c6cccc7oc8ccc(-n9c%10ccccc%10c%10ccccc%109)cc8c67)ccc54)cccc32)cc1. The summed E-state index contributed by atoms with van der Waals surface area (Å²) in [5, 5.41) is 9.65. The molecule has 0 saturated carbocycles. The van der Waals surface area contributed by atoms with Crippen LogP contribution in [0.2, 0.25) is 0 Å². The van der Waals surface area contributed by atoms with Crippen molar-refractivity contribution in [2.24, 2.45) is 0 Å². The monoisotopic (exact) mass is 739 g/mol. The summed E-state index contributed by atoms with van der Waals surface area (Å²) in [5.41, 5.74) is 14.6. The highest BCUT2D eigenvalue weighted by atomic mass is 16.3. The van der Waals surface area contributed by atoms with E-state index in [2.05, 4.69) is 214 Å². The molecule has 0 aliphatic heterocycles. The predicted octanol–water partition coefficient (Wildman–Crippen LogP) is 14.5. The average molecular weight is 740 g/mol. The van der Waals surface area contributed by atoms with Crippen molar-refractivity contribution < 1.29 is 4.42 Å². The van der Waals surface area contributed by atoms with Crippen LogP contribution in [0.4, 0.5) is 0 Å². The minimum atomic E-state index is 0.882. The van der Waals surface area contributed by atoms with Crippen LogP contribution in [0.5, 0.6) is 0 Å². The van der Waals surface area contributed by atoms with Gasteiger partial charge in [-0.3, -0.25) is 0 Å². The molecule has 13 rings (SSSR count). The molecule has 0 amide bonds. The van der Waals surface area contributed by atoms with Gasteiger partial charge in [-0.1, -0.05) is 115 Å². The lowest BCUT2D eigenvalue weighted by Crippen LogP contribution is -1.96. The number of hydrogen-bond donors (Lipinski definition) is 0. The first-order valence-corrected chi connectivity index (χ1v) is 19.9. The van der Waals surface area contributed by atoms with Crippen molar-refractivity contribution in [1.82, 2.24) is 13.7 Å². The van der Waals surface area contributed by atoms with Gasteiger partial charge in [-0.25, -0.2) is 0 Å². The molecule has 4 aromatic heterocycles. The van der Waals surface area contributed by atoms with Crippen molar-refractivity contribution in [3.8, 4) is 28.2 Å². The van der Waals surface area contributed by atoms with Crippen LogP contribution < -0.4 is 0 Å². The van der Waals surface area contributed by atoms with Gasteiger partial charge < -0.3 is 18.1 Å².